The first kappa shape index (κ1) is 19.0. The second-order valence-electron chi connectivity index (χ2n) is 8.08. The normalized spacial score (nSPS) is 25.8. The summed E-state index contributed by atoms with van der Waals surface area (Å²) in [4.78, 5) is 17.1. The molecule has 0 aromatic heterocycles. The molecular weight excluding hydrogens is 326 g/mol. The minimum Gasteiger partial charge on any atom is -0.374 e. The number of hydrogen-bond donors (Lipinski definition) is 1. The van der Waals surface area contributed by atoms with Gasteiger partial charge in [-0.1, -0.05) is 6.92 Å². The van der Waals surface area contributed by atoms with Gasteiger partial charge < -0.3 is 19.9 Å². The van der Waals surface area contributed by atoms with E-state index in [1.807, 2.05) is 25.7 Å². The van der Waals surface area contributed by atoms with E-state index in [0.717, 1.165) is 24.7 Å². The Kier molecular flexibility index (Phi) is 6.07. The molecule has 2 saturated heterocycles. The topological polar surface area (TPSA) is 44.8 Å². The maximum Gasteiger partial charge on any atom is 0.244 e. The van der Waals surface area contributed by atoms with Crippen molar-refractivity contribution in [2.24, 2.45) is 5.92 Å². The summed E-state index contributed by atoms with van der Waals surface area (Å²) in [6, 6.07) is 8.25. The maximum absolute atomic E-state index is 12.7. The molecule has 5 nitrogen and oxygen atoms in total. The van der Waals surface area contributed by atoms with Crippen LogP contribution in [-0.2, 0) is 9.53 Å². The third kappa shape index (κ3) is 4.70. The number of rotatable bonds is 4. The summed E-state index contributed by atoms with van der Waals surface area (Å²) < 4.78 is 5.72. The zero-order valence-corrected chi connectivity index (χ0v) is 16.6. The molecule has 26 heavy (non-hydrogen) atoms. The van der Waals surface area contributed by atoms with Gasteiger partial charge in [0, 0.05) is 37.6 Å². The number of amides is 1. The Morgan fingerprint density at radius 1 is 1.08 bits per heavy atom. The summed E-state index contributed by atoms with van der Waals surface area (Å²) >= 11 is 0. The highest BCUT2D eigenvalue weighted by Gasteiger charge is 2.28. The standard InChI is InChI=1S/C21H33N3O2/c1-15-9-11-23(12-10-15)20-7-5-19(6-8-20)22-18(4)21(25)24-13-16(2)26-17(3)14-24/h5-8,15-18,22H,9-14H2,1-4H3/t16-,17+,18-/m1/s1. The SMILES string of the molecule is CC1CCN(c2ccc(N[C@H](C)C(=O)N3C[C@@H](C)O[C@@H](C)C3)cc2)CC1. The molecule has 3 rings (SSSR count). The summed E-state index contributed by atoms with van der Waals surface area (Å²) in [6.45, 7) is 11.9. The third-order valence-electron chi connectivity index (χ3n) is 5.50. The molecule has 0 bridgehead atoms. The Balaban J connectivity index is 1.55. The quantitative estimate of drug-likeness (QED) is 0.895. The fourth-order valence-corrected chi connectivity index (χ4v) is 3.98. The van der Waals surface area contributed by atoms with E-state index in [2.05, 4.69) is 41.4 Å². The molecule has 1 N–H and O–H groups in total. The van der Waals surface area contributed by atoms with Crippen molar-refractivity contribution in [3.8, 4) is 0 Å². The van der Waals surface area contributed by atoms with Gasteiger partial charge in [-0.15, -0.1) is 0 Å². The van der Waals surface area contributed by atoms with Crippen LogP contribution in [0, 0.1) is 5.92 Å². The lowest BCUT2D eigenvalue weighted by atomic mass is 9.99. The van der Waals surface area contributed by atoms with Crippen LogP contribution in [0.1, 0.15) is 40.5 Å². The first-order chi connectivity index (χ1) is 12.4. The summed E-state index contributed by atoms with van der Waals surface area (Å²) in [6.07, 6.45) is 2.73. The average molecular weight is 360 g/mol. The van der Waals surface area contributed by atoms with Crippen LogP contribution in [0.15, 0.2) is 24.3 Å². The Morgan fingerprint density at radius 2 is 1.65 bits per heavy atom. The summed E-state index contributed by atoms with van der Waals surface area (Å²) in [5.74, 6) is 0.978. The van der Waals surface area contributed by atoms with Crippen LogP contribution in [0.2, 0.25) is 0 Å². The van der Waals surface area contributed by atoms with Gasteiger partial charge >= 0.3 is 0 Å². The lowest BCUT2D eigenvalue weighted by Crippen LogP contribution is -2.52. The number of hydrogen-bond acceptors (Lipinski definition) is 4. The zero-order valence-electron chi connectivity index (χ0n) is 16.6. The number of nitrogens with zero attached hydrogens (tertiary/aromatic N) is 2. The summed E-state index contributed by atoms with van der Waals surface area (Å²) in [5, 5.41) is 3.36. The monoisotopic (exact) mass is 359 g/mol. The van der Waals surface area contributed by atoms with Gasteiger partial charge in [0.05, 0.1) is 12.2 Å². The molecule has 0 saturated carbocycles. The van der Waals surface area contributed by atoms with E-state index in [1.165, 1.54) is 18.5 Å². The van der Waals surface area contributed by atoms with Gasteiger partial charge in [0.15, 0.2) is 0 Å². The van der Waals surface area contributed by atoms with Crippen molar-refractivity contribution < 1.29 is 9.53 Å². The Morgan fingerprint density at radius 3 is 2.23 bits per heavy atom. The van der Waals surface area contributed by atoms with E-state index in [9.17, 15) is 4.79 Å². The fraction of sp³-hybridized carbons (Fsp3) is 0.667. The number of ether oxygens (including phenoxy) is 1. The summed E-state index contributed by atoms with van der Waals surface area (Å²) in [5.41, 5.74) is 2.27. The number of benzene rings is 1. The zero-order chi connectivity index (χ0) is 18.7. The number of anilines is 2. The van der Waals surface area contributed by atoms with Crippen molar-refractivity contribution in [3.63, 3.8) is 0 Å². The van der Waals surface area contributed by atoms with Crippen molar-refractivity contribution in [1.82, 2.24) is 4.90 Å². The van der Waals surface area contributed by atoms with Crippen LogP contribution in [0.5, 0.6) is 0 Å². The van der Waals surface area contributed by atoms with Crippen LogP contribution in [0.25, 0.3) is 0 Å². The van der Waals surface area contributed by atoms with Gasteiger partial charge in [-0.05, 0) is 63.8 Å². The first-order valence-electron chi connectivity index (χ1n) is 9.98. The average Bonchev–Trinajstić information content (AvgIpc) is 2.61. The molecule has 2 aliphatic rings. The second kappa shape index (κ2) is 8.30. The van der Waals surface area contributed by atoms with Crippen LogP contribution < -0.4 is 10.2 Å². The van der Waals surface area contributed by atoms with E-state index in [-0.39, 0.29) is 24.2 Å². The van der Waals surface area contributed by atoms with Crippen LogP contribution in [0.3, 0.4) is 0 Å². The second-order valence-corrected chi connectivity index (χ2v) is 8.08. The van der Waals surface area contributed by atoms with Crippen LogP contribution >= 0.6 is 0 Å². The highest BCUT2D eigenvalue weighted by molar-refractivity contribution is 5.84. The minimum absolute atomic E-state index is 0.0986. The van der Waals surface area contributed by atoms with E-state index >= 15 is 0 Å². The molecule has 1 aromatic rings. The largest absolute Gasteiger partial charge is 0.374 e. The van der Waals surface area contributed by atoms with E-state index in [1.54, 1.807) is 0 Å². The lowest BCUT2D eigenvalue weighted by Gasteiger charge is -2.36. The van der Waals surface area contributed by atoms with Gasteiger partial charge in [0.2, 0.25) is 5.91 Å². The van der Waals surface area contributed by atoms with Gasteiger partial charge in [-0.25, -0.2) is 0 Å². The molecule has 1 aromatic carbocycles. The minimum atomic E-state index is -0.241. The molecule has 2 fully saturated rings. The molecule has 0 unspecified atom stereocenters. The molecule has 0 radical (unpaired) electrons. The van der Waals surface area contributed by atoms with E-state index in [4.69, 9.17) is 4.74 Å². The smallest absolute Gasteiger partial charge is 0.244 e. The number of nitrogens with one attached hydrogen (secondary N) is 1. The predicted molar refractivity (Wildman–Crippen MR) is 107 cm³/mol. The molecular formula is C21H33N3O2. The molecule has 0 aliphatic carbocycles. The first-order valence-corrected chi connectivity index (χ1v) is 9.98. The number of carbonyl (C=O) groups is 1. The van der Waals surface area contributed by atoms with Gasteiger partial charge in [0.25, 0.3) is 0 Å². The van der Waals surface area contributed by atoms with Crippen molar-refractivity contribution in [3.05, 3.63) is 24.3 Å². The molecule has 3 atom stereocenters. The van der Waals surface area contributed by atoms with Gasteiger partial charge in [-0.3, -0.25) is 4.79 Å². The molecule has 0 spiro atoms. The number of carbonyl (C=O) groups excluding carboxylic acids is 1. The van der Waals surface area contributed by atoms with Crippen LogP contribution in [0.4, 0.5) is 11.4 Å². The van der Waals surface area contributed by atoms with Gasteiger partial charge in [-0.2, -0.15) is 0 Å². The molecule has 2 heterocycles. The maximum atomic E-state index is 12.7. The number of morpholine rings is 1. The van der Waals surface area contributed by atoms with E-state index < -0.39 is 0 Å². The Bertz CT molecular complexity index is 586. The van der Waals surface area contributed by atoms with Crippen molar-refractivity contribution in [2.45, 2.75) is 58.8 Å². The fourth-order valence-electron chi connectivity index (χ4n) is 3.98. The van der Waals surface area contributed by atoms with Gasteiger partial charge in [0.1, 0.15) is 6.04 Å². The van der Waals surface area contributed by atoms with Crippen molar-refractivity contribution >= 4 is 17.3 Å². The summed E-state index contributed by atoms with van der Waals surface area (Å²) in [7, 11) is 0. The van der Waals surface area contributed by atoms with E-state index in [0.29, 0.717) is 13.1 Å². The Labute approximate surface area is 157 Å². The molecule has 144 valence electrons. The predicted octanol–water partition coefficient (Wildman–Crippen LogP) is 3.36. The lowest BCUT2D eigenvalue weighted by molar-refractivity contribution is -0.143. The Hall–Kier alpha value is -1.75. The van der Waals surface area contributed by atoms with Crippen LogP contribution in [-0.4, -0.2) is 55.2 Å². The molecule has 1 amide bonds. The van der Waals surface area contributed by atoms with Crippen molar-refractivity contribution in [2.75, 3.05) is 36.4 Å². The molecule has 2 aliphatic heterocycles. The highest BCUT2D eigenvalue weighted by atomic mass is 16.5. The number of piperidine rings is 1. The highest BCUT2D eigenvalue weighted by Crippen LogP contribution is 2.24. The van der Waals surface area contributed by atoms with Crippen molar-refractivity contribution in [1.29, 1.82) is 0 Å². The third-order valence-corrected chi connectivity index (χ3v) is 5.50. The molecule has 5 heteroatoms.